The van der Waals surface area contributed by atoms with Crippen molar-refractivity contribution in [3.8, 4) is 0 Å². The van der Waals surface area contributed by atoms with Crippen LogP contribution < -0.4 is 0 Å². The smallest absolute Gasteiger partial charge is 0.305 e. The molecule has 1 amide bonds. The number of carbonyl (C=O) groups is 3. The van der Waals surface area contributed by atoms with Crippen LogP contribution in [-0.2, 0) is 14.4 Å². The van der Waals surface area contributed by atoms with Gasteiger partial charge < -0.3 is 15.1 Å². The highest BCUT2D eigenvalue weighted by Crippen LogP contribution is 2.04. The zero-order valence-electron chi connectivity index (χ0n) is 9.46. The zero-order valence-corrected chi connectivity index (χ0v) is 9.46. The summed E-state index contributed by atoms with van der Waals surface area (Å²) in [6.45, 7) is 1.81. The van der Waals surface area contributed by atoms with E-state index < -0.39 is 11.9 Å². The Balaban J connectivity index is 2.31. The van der Waals surface area contributed by atoms with Crippen LogP contribution in [0.3, 0.4) is 0 Å². The van der Waals surface area contributed by atoms with E-state index in [1.54, 1.807) is 4.90 Å². The van der Waals surface area contributed by atoms with Gasteiger partial charge in [0.05, 0.1) is 19.4 Å². The van der Waals surface area contributed by atoms with Crippen molar-refractivity contribution in [2.24, 2.45) is 0 Å². The van der Waals surface area contributed by atoms with E-state index in [1.807, 2.05) is 0 Å². The predicted octanol–water partition coefficient (Wildman–Crippen LogP) is -0.920. The summed E-state index contributed by atoms with van der Waals surface area (Å²) in [7, 11) is 0. The summed E-state index contributed by atoms with van der Waals surface area (Å²) in [5.74, 6) is -1.94. The number of rotatable bonds is 6. The van der Waals surface area contributed by atoms with Crippen LogP contribution in [0.2, 0.25) is 0 Å². The molecular weight excluding hydrogens is 228 g/mol. The highest BCUT2D eigenvalue weighted by molar-refractivity contribution is 5.79. The van der Waals surface area contributed by atoms with Crippen molar-refractivity contribution < 1.29 is 24.6 Å². The second-order valence-electron chi connectivity index (χ2n) is 3.94. The number of carboxylic acids is 2. The summed E-state index contributed by atoms with van der Waals surface area (Å²) in [6, 6.07) is 0. The molecule has 0 atom stereocenters. The molecular formula is C10H16N2O5. The Morgan fingerprint density at radius 3 is 2.18 bits per heavy atom. The summed E-state index contributed by atoms with van der Waals surface area (Å²) < 4.78 is 0. The van der Waals surface area contributed by atoms with Gasteiger partial charge in [0, 0.05) is 26.2 Å². The SMILES string of the molecule is O=C(O)CCN1CCN(CCC(=O)O)C(=O)C1. The second-order valence-corrected chi connectivity index (χ2v) is 3.94. The normalized spacial score (nSPS) is 17.2. The van der Waals surface area contributed by atoms with E-state index in [0.29, 0.717) is 19.6 Å². The van der Waals surface area contributed by atoms with Crippen LogP contribution in [0.25, 0.3) is 0 Å². The predicted molar refractivity (Wildman–Crippen MR) is 57.5 cm³/mol. The van der Waals surface area contributed by atoms with Crippen LogP contribution in [0.5, 0.6) is 0 Å². The Morgan fingerprint density at radius 1 is 1.06 bits per heavy atom. The fourth-order valence-corrected chi connectivity index (χ4v) is 1.67. The van der Waals surface area contributed by atoms with Crippen LogP contribution in [0, 0.1) is 0 Å². The minimum Gasteiger partial charge on any atom is -0.481 e. The lowest BCUT2D eigenvalue weighted by atomic mass is 10.2. The van der Waals surface area contributed by atoms with Gasteiger partial charge in [-0.3, -0.25) is 19.3 Å². The minimum atomic E-state index is -0.925. The van der Waals surface area contributed by atoms with Gasteiger partial charge in [0.25, 0.3) is 0 Å². The topological polar surface area (TPSA) is 98.2 Å². The number of amides is 1. The van der Waals surface area contributed by atoms with E-state index in [9.17, 15) is 14.4 Å². The Kier molecular flexibility index (Phi) is 4.89. The molecule has 0 spiro atoms. The fourth-order valence-electron chi connectivity index (χ4n) is 1.67. The fraction of sp³-hybridized carbons (Fsp3) is 0.700. The number of piperazine rings is 1. The van der Waals surface area contributed by atoms with Crippen molar-refractivity contribution in [3.05, 3.63) is 0 Å². The molecule has 1 aliphatic heterocycles. The van der Waals surface area contributed by atoms with E-state index in [-0.39, 0.29) is 31.8 Å². The van der Waals surface area contributed by atoms with E-state index in [2.05, 4.69) is 0 Å². The van der Waals surface area contributed by atoms with Gasteiger partial charge in [-0.2, -0.15) is 0 Å². The Bertz CT molecular complexity index is 318. The minimum absolute atomic E-state index is 0.0163. The molecule has 1 rings (SSSR count). The molecule has 0 saturated carbocycles. The first kappa shape index (κ1) is 13.4. The van der Waals surface area contributed by atoms with Crippen molar-refractivity contribution in [2.75, 3.05) is 32.7 Å². The number of aliphatic carboxylic acids is 2. The quantitative estimate of drug-likeness (QED) is 0.627. The van der Waals surface area contributed by atoms with Crippen molar-refractivity contribution in [3.63, 3.8) is 0 Å². The van der Waals surface area contributed by atoms with Gasteiger partial charge >= 0.3 is 11.9 Å². The maximum Gasteiger partial charge on any atom is 0.305 e. The highest BCUT2D eigenvalue weighted by Gasteiger charge is 2.24. The van der Waals surface area contributed by atoms with Crippen LogP contribution >= 0.6 is 0 Å². The highest BCUT2D eigenvalue weighted by atomic mass is 16.4. The van der Waals surface area contributed by atoms with Crippen molar-refractivity contribution in [1.82, 2.24) is 9.80 Å². The Labute approximate surface area is 98.6 Å². The Hall–Kier alpha value is -1.63. The van der Waals surface area contributed by atoms with E-state index in [1.165, 1.54) is 4.90 Å². The maximum atomic E-state index is 11.6. The van der Waals surface area contributed by atoms with Gasteiger partial charge in [-0.1, -0.05) is 0 Å². The molecule has 7 nitrogen and oxygen atoms in total. The zero-order chi connectivity index (χ0) is 12.8. The van der Waals surface area contributed by atoms with Crippen molar-refractivity contribution in [2.45, 2.75) is 12.8 Å². The molecule has 0 aromatic carbocycles. The summed E-state index contributed by atoms with van der Waals surface area (Å²) in [6.07, 6.45) is -0.0384. The first-order chi connectivity index (χ1) is 7.99. The standard InChI is InChI=1S/C10H16N2O5/c13-8-7-11(3-1-9(14)15)5-6-12(8)4-2-10(16)17/h1-7H2,(H,14,15)(H,16,17). The molecule has 1 heterocycles. The van der Waals surface area contributed by atoms with Gasteiger partial charge in [0.2, 0.25) is 5.91 Å². The third-order valence-corrected chi connectivity index (χ3v) is 2.64. The lowest BCUT2D eigenvalue weighted by Gasteiger charge is -2.33. The lowest BCUT2D eigenvalue weighted by molar-refractivity contribution is -0.142. The van der Waals surface area contributed by atoms with E-state index >= 15 is 0 Å². The molecule has 96 valence electrons. The molecule has 0 aliphatic carbocycles. The molecule has 0 aromatic heterocycles. The van der Waals surface area contributed by atoms with Gasteiger partial charge in [-0.15, -0.1) is 0 Å². The number of carboxylic acid groups (broad SMARTS) is 2. The van der Waals surface area contributed by atoms with Crippen molar-refractivity contribution >= 4 is 17.8 Å². The van der Waals surface area contributed by atoms with Gasteiger partial charge in [0.1, 0.15) is 0 Å². The maximum absolute atomic E-state index is 11.6. The summed E-state index contributed by atoms with van der Waals surface area (Å²) in [5.41, 5.74) is 0. The lowest BCUT2D eigenvalue weighted by Crippen LogP contribution is -2.51. The number of hydrogen-bond donors (Lipinski definition) is 2. The molecule has 0 radical (unpaired) electrons. The molecule has 7 heteroatoms. The monoisotopic (exact) mass is 244 g/mol. The third-order valence-electron chi connectivity index (χ3n) is 2.64. The van der Waals surface area contributed by atoms with Crippen LogP contribution in [0.1, 0.15) is 12.8 Å². The molecule has 1 aliphatic rings. The van der Waals surface area contributed by atoms with Gasteiger partial charge in [0.15, 0.2) is 0 Å². The summed E-state index contributed by atoms with van der Waals surface area (Å²) in [5, 5.41) is 17.0. The first-order valence-corrected chi connectivity index (χ1v) is 5.42. The van der Waals surface area contributed by atoms with Gasteiger partial charge in [-0.05, 0) is 0 Å². The van der Waals surface area contributed by atoms with Crippen molar-refractivity contribution in [1.29, 1.82) is 0 Å². The van der Waals surface area contributed by atoms with Crippen LogP contribution in [0.4, 0.5) is 0 Å². The summed E-state index contributed by atoms with van der Waals surface area (Å²) >= 11 is 0. The first-order valence-electron chi connectivity index (χ1n) is 5.42. The van der Waals surface area contributed by atoms with E-state index in [0.717, 1.165) is 0 Å². The molecule has 17 heavy (non-hydrogen) atoms. The average molecular weight is 244 g/mol. The number of carbonyl (C=O) groups excluding carboxylic acids is 1. The molecule has 1 fully saturated rings. The molecule has 0 aromatic rings. The van der Waals surface area contributed by atoms with Crippen LogP contribution in [0.15, 0.2) is 0 Å². The second kappa shape index (κ2) is 6.19. The average Bonchev–Trinajstić information content (AvgIpc) is 2.24. The molecule has 0 unspecified atom stereocenters. The number of nitrogens with zero attached hydrogens (tertiary/aromatic N) is 2. The van der Waals surface area contributed by atoms with Crippen LogP contribution in [-0.4, -0.2) is 70.6 Å². The summed E-state index contributed by atoms with van der Waals surface area (Å²) in [4.78, 5) is 35.6. The van der Waals surface area contributed by atoms with Gasteiger partial charge in [-0.25, -0.2) is 0 Å². The van der Waals surface area contributed by atoms with E-state index in [4.69, 9.17) is 10.2 Å². The molecule has 2 N–H and O–H groups in total. The third kappa shape index (κ3) is 4.81. The number of hydrogen-bond acceptors (Lipinski definition) is 4. The Morgan fingerprint density at radius 2 is 1.65 bits per heavy atom. The molecule has 0 bridgehead atoms. The molecule has 1 saturated heterocycles. The largest absolute Gasteiger partial charge is 0.481 e.